The van der Waals surface area contributed by atoms with E-state index < -0.39 is 11.7 Å². The lowest BCUT2D eigenvalue weighted by Crippen LogP contribution is -2.05. The van der Waals surface area contributed by atoms with Crippen LogP contribution in [0.1, 0.15) is 11.1 Å². The minimum Gasteiger partial charge on any atom is -0.248 e. The van der Waals surface area contributed by atoms with Gasteiger partial charge in [-0.2, -0.15) is 13.2 Å². The Labute approximate surface area is 89.5 Å². The van der Waals surface area contributed by atoms with E-state index in [1.54, 1.807) is 10.9 Å². The van der Waals surface area contributed by atoms with Gasteiger partial charge in [-0.1, -0.05) is 17.3 Å². The third-order valence-electron chi connectivity index (χ3n) is 2.10. The van der Waals surface area contributed by atoms with Crippen LogP contribution in [0.3, 0.4) is 0 Å². The number of nitrogens with zero attached hydrogens (tertiary/aromatic N) is 3. The van der Waals surface area contributed by atoms with Crippen LogP contribution in [-0.2, 0) is 12.7 Å². The summed E-state index contributed by atoms with van der Waals surface area (Å²) in [6.45, 7) is 0.415. The Morgan fingerprint density at radius 3 is 2.31 bits per heavy atom. The van der Waals surface area contributed by atoms with E-state index in [1.807, 2.05) is 0 Å². The molecule has 0 aliphatic heterocycles. The maximum atomic E-state index is 12.3. The van der Waals surface area contributed by atoms with Gasteiger partial charge >= 0.3 is 6.18 Å². The fourth-order valence-corrected chi connectivity index (χ4v) is 1.30. The lowest BCUT2D eigenvalue weighted by molar-refractivity contribution is -0.137. The maximum Gasteiger partial charge on any atom is 0.416 e. The lowest BCUT2D eigenvalue weighted by atomic mass is 10.1. The van der Waals surface area contributed by atoms with E-state index in [1.165, 1.54) is 18.3 Å². The van der Waals surface area contributed by atoms with Gasteiger partial charge in [-0.05, 0) is 17.7 Å². The van der Waals surface area contributed by atoms with Crippen LogP contribution in [0.5, 0.6) is 0 Å². The van der Waals surface area contributed by atoms with Crippen molar-refractivity contribution in [3.63, 3.8) is 0 Å². The molecule has 0 spiro atoms. The first-order chi connectivity index (χ1) is 7.55. The molecule has 0 saturated heterocycles. The molecule has 3 nitrogen and oxygen atoms in total. The second-order valence-corrected chi connectivity index (χ2v) is 3.30. The van der Waals surface area contributed by atoms with E-state index in [9.17, 15) is 13.2 Å². The van der Waals surface area contributed by atoms with Gasteiger partial charge in [0.15, 0.2) is 0 Å². The molecule has 16 heavy (non-hydrogen) atoms. The largest absolute Gasteiger partial charge is 0.416 e. The van der Waals surface area contributed by atoms with Crippen molar-refractivity contribution >= 4 is 0 Å². The van der Waals surface area contributed by atoms with E-state index in [-0.39, 0.29) is 0 Å². The molecule has 2 rings (SSSR count). The van der Waals surface area contributed by atoms with Crippen LogP contribution >= 0.6 is 0 Å². The summed E-state index contributed by atoms with van der Waals surface area (Å²) in [5, 5.41) is 7.34. The Morgan fingerprint density at radius 2 is 1.81 bits per heavy atom. The normalized spacial score (nSPS) is 11.7. The molecule has 0 radical (unpaired) electrons. The van der Waals surface area contributed by atoms with Crippen molar-refractivity contribution in [1.29, 1.82) is 0 Å². The van der Waals surface area contributed by atoms with Crippen molar-refractivity contribution in [2.45, 2.75) is 12.7 Å². The van der Waals surface area contributed by atoms with E-state index in [0.29, 0.717) is 6.54 Å². The first kappa shape index (κ1) is 10.7. The van der Waals surface area contributed by atoms with Gasteiger partial charge in [0.1, 0.15) is 0 Å². The van der Waals surface area contributed by atoms with Crippen molar-refractivity contribution in [2.75, 3.05) is 0 Å². The number of alkyl halides is 3. The summed E-state index contributed by atoms with van der Waals surface area (Å²) in [5.74, 6) is 0. The third-order valence-corrected chi connectivity index (χ3v) is 2.10. The monoisotopic (exact) mass is 227 g/mol. The molecule has 0 fully saturated rings. The smallest absolute Gasteiger partial charge is 0.248 e. The molecule has 0 N–H and O–H groups in total. The summed E-state index contributed by atoms with van der Waals surface area (Å²) in [4.78, 5) is 0. The van der Waals surface area contributed by atoms with Crippen LogP contribution in [0.4, 0.5) is 13.2 Å². The highest BCUT2D eigenvalue weighted by molar-refractivity contribution is 5.24. The van der Waals surface area contributed by atoms with Crippen molar-refractivity contribution < 1.29 is 13.2 Å². The molecule has 0 atom stereocenters. The number of rotatable bonds is 2. The van der Waals surface area contributed by atoms with Crippen LogP contribution in [0.15, 0.2) is 36.7 Å². The second-order valence-electron chi connectivity index (χ2n) is 3.30. The van der Waals surface area contributed by atoms with Gasteiger partial charge in [-0.15, -0.1) is 5.10 Å². The molecule has 0 saturated carbocycles. The van der Waals surface area contributed by atoms with Gasteiger partial charge in [0.25, 0.3) is 0 Å². The molecule has 0 bridgehead atoms. The van der Waals surface area contributed by atoms with Crippen molar-refractivity contribution in [2.24, 2.45) is 0 Å². The number of aromatic nitrogens is 3. The highest BCUT2D eigenvalue weighted by Gasteiger charge is 2.29. The Hall–Kier alpha value is -1.85. The highest BCUT2D eigenvalue weighted by atomic mass is 19.4. The van der Waals surface area contributed by atoms with E-state index >= 15 is 0 Å². The molecule has 0 unspecified atom stereocenters. The summed E-state index contributed by atoms with van der Waals surface area (Å²) in [7, 11) is 0. The van der Waals surface area contributed by atoms with Gasteiger partial charge in [0, 0.05) is 6.20 Å². The zero-order chi connectivity index (χ0) is 11.6. The first-order valence-corrected chi connectivity index (χ1v) is 4.56. The van der Waals surface area contributed by atoms with Crippen LogP contribution < -0.4 is 0 Å². The van der Waals surface area contributed by atoms with Crippen molar-refractivity contribution in [3.05, 3.63) is 47.8 Å². The minimum atomic E-state index is -4.29. The molecule has 0 aliphatic carbocycles. The second kappa shape index (κ2) is 3.96. The Kier molecular flexibility index (Phi) is 2.64. The average Bonchev–Trinajstić information content (AvgIpc) is 2.70. The summed E-state index contributed by atoms with van der Waals surface area (Å²) >= 11 is 0. The predicted molar refractivity (Wildman–Crippen MR) is 50.6 cm³/mol. The maximum absolute atomic E-state index is 12.3. The number of benzene rings is 1. The molecule has 84 valence electrons. The summed E-state index contributed by atoms with van der Waals surface area (Å²) in [5.41, 5.74) is 0.105. The van der Waals surface area contributed by atoms with Gasteiger partial charge in [0.05, 0.1) is 18.3 Å². The molecule has 1 heterocycles. The summed E-state index contributed by atoms with van der Waals surface area (Å²) in [6, 6.07) is 4.99. The SMILES string of the molecule is FC(F)(F)c1ccc(Cn2ccnn2)cc1. The predicted octanol–water partition coefficient (Wildman–Crippen LogP) is 2.35. The lowest BCUT2D eigenvalue weighted by Gasteiger charge is -2.07. The highest BCUT2D eigenvalue weighted by Crippen LogP contribution is 2.29. The number of hydrogen-bond donors (Lipinski definition) is 0. The first-order valence-electron chi connectivity index (χ1n) is 4.56. The quantitative estimate of drug-likeness (QED) is 0.788. The topological polar surface area (TPSA) is 30.7 Å². The van der Waals surface area contributed by atoms with Crippen LogP contribution in [-0.4, -0.2) is 15.0 Å². The summed E-state index contributed by atoms with van der Waals surface area (Å²) in [6.07, 6.45) is -1.12. The summed E-state index contributed by atoms with van der Waals surface area (Å²) < 4.78 is 38.4. The number of hydrogen-bond acceptors (Lipinski definition) is 2. The zero-order valence-electron chi connectivity index (χ0n) is 8.15. The molecule has 1 aromatic carbocycles. The van der Waals surface area contributed by atoms with Gasteiger partial charge < -0.3 is 0 Å². The van der Waals surface area contributed by atoms with Gasteiger partial charge in [-0.3, -0.25) is 0 Å². The Bertz CT molecular complexity index is 445. The fourth-order valence-electron chi connectivity index (χ4n) is 1.30. The average molecular weight is 227 g/mol. The van der Waals surface area contributed by atoms with E-state index in [4.69, 9.17) is 0 Å². The molecule has 6 heteroatoms. The fraction of sp³-hybridized carbons (Fsp3) is 0.200. The van der Waals surface area contributed by atoms with Crippen LogP contribution in [0.2, 0.25) is 0 Å². The van der Waals surface area contributed by atoms with E-state index in [0.717, 1.165) is 17.7 Å². The Balaban J connectivity index is 2.14. The molecule has 2 aromatic rings. The van der Waals surface area contributed by atoms with Crippen LogP contribution in [0.25, 0.3) is 0 Å². The molecule has 1 aromatic heterocycles. The van der Waals surface area contributed by atoms with Gasteiger partial charge in [-0.25, -0.2) is 4.68 Å². The van der Waals surface area contributed by atoms with E-state index in [2.05, 4.69) is 10.3 Å². The zero-order valence-corrected chi connectivity index (χ0v) is 8.15. The van der Waals surface area contributed by atoms with Crippen molar-refractivity contribution in [3.8, 4) is 0 Å². The van der Waals surface area contributed by atoms with Crippen LogP contribution in [0, 0.1) is 0 Å². The Morgan fingerprint density at radius 1 is 1.12 bits per heavy atom. The molecule has 0 aliphatic rings. The molecular formula is C10H8F3N3. The third kappa shape index (κ3) is 2.39. The molecule has 0 amide bonds. The van der Waals surface area contributed by atoms with Gasteiger partial charge in [0.2, 0.25) is 0 Å². The van der Waals surface area contributed by atoms with Crippen molar-refractivity contribution in [1.82, 2.24) is 15.0 Å². The standard InChI is InChI=1S/C10H8F3N3/c11-10(12,13)9-3-1-8(2-4-9)7-16-6-5-14-15-16/h1-6H,7H2. The minimum absolute atomic E-state index is 0.415. The molecular weight excluding hydrogens is 219 g/mol. The number of halogens is 3.